The van der Waals surface area contributed by atoms with Crippen molar-refractivity contribution in [3.63, 3.8) is 0 Å². The molecule has 0 aliphatic heterocycles. The minimum atomic E-state index is -0.908. The van der Waals surface area contributed by atoms with Crippen molar-refractivity contribution in [2.75, 3.05) is 14.2 Å². The van der Waals surface area contributed by atoms with E-state index in [-0.39, 0.29) is 12.2 Å². The number of esters is 1. The SMILES string of the molecule is COC(=O)[C@H](Cc1ccc(OCc2cccc(OC)c2)cc1)NC(=O)c1cc2ccc(-c3ccc(Cl)cc3)cc2o1. The molecule has 0 aliphatic rings. The zero-order valence-electron chi connectivity index (χ0n) is 22.6. The van der Waals surface area contributed by atoms with E-state index in [0.29, 0.717) is 23.0 Å². The fourth-order valence-electron chi connectivity index (χ4n) is 4.42. The van der Waals surface area contributed by atoms with Gasteiger partial charge < -0.3 is 23.9 Å². The second kappa shape index (κ2) is 12.6. The maximum Gasteiger partial charge on any atom is 0.328 e. The molecular weight excluding hydrogens is 542 g/mol. The van der Waals surface area contributed by atoms with Gasteiger partial charge in [0.1, 0.15) is 29.7 Å². The molecule has 1 atom stereocenters. The Balaban J connectivity index is 1.24. The normalized spacial score (nSPS) is 11.6. The molecule has 0 radical (unpaired) electrons. The maximum absolute atomic E-state index is 13.1. The van der Waals surface area contributed by atoms with Gasteiger partial charge in [-0.1, -0.05) is 60.1 Å². The smallest absolute Gasteiger partial charge is 0.328 e. The predicted molar refractivity (Wildman–Crippen MR) is 157 cm³/mol. The highest BCUT2D eigenvalue weighted by atomic mass is 35.5. The van der Waals surface area contributed by atoms with Crippen LogP contribution < -0.4 is 14.8 Å². The summed E-state index contributed by atoms with van der Waals surface area (Å²) in [6.07, 6.45) is 0.232. The molecule has 0 saturated carbocycles. The lowest BCUT2D eigenvalue weighted by atomic mass is 10.0. The molecular formula is C33H28ClNO6. The van der Waals surface area contributed by atoms with Crippen molar-refractivity contribution in [2.24, 2.45) is 0 Å². The van der Waals surface area contributed by atoms with Crippen LogP contribution in [0.3, 0.4) is 0 Å². The third-order valence-electron chi connectivity index (χ3n) is 6.62. The molecule has 0 fully saturated rings. The lowest BCUT2D eigenvalue weighted by Crippen LogP contribution is -2.42. The van der Waals surface area contributed by atoms with Gasteiger partial charge in [0.15, 0.2) is 5.76 Å². The highest BCUT2D eigenvalue weighted by Crippen LogP contribution is 2.28. The number of halogens is 1. The van der Waals surface area contributed by atoms with Crippen molar-refractivity contribution >= 4 is 34.4 Å². The number of benzene rings is 4. The number of amides is 1. The number of hydrogen-bond acceptors (Lipinski definition) is 6. The van der Waals surface area contributed by atoms with Crippen molar-refractivity contribution in [3.05, 3.63) is 119 Å². The maximum atomic E-state index is 13.1. The van der Waals surface area contributed by atoms with Gasteiger partial charge in [-0.3, -0.25) is 4.79 Å². The quantitative estimate of drug-likeness (QED) is 0.185. The summed E-state index contributed by atoms with van der Waals surface area (Å²) in [5.74, 6) is 0.474. The van der Waals surface area contributed by atoms with Crippen LogP contribution in [0.25, 0.3) is 22.1 Å². The molecule has 7 nitrogen and oxygen atoms in total. The van der Waals surface area contributed by atoms with Gasteiger partial charge in [-0.2, -0.15) is 0 Å². The van der Waals surface area contributed by atoms with E-state index in [1.807, 2.05) is 91.0 Å². The highest BCUT2D eigenvalue weighted by molar-refractivity contribution is 6.30. The minimum Gasteiger partial charge on any atom is -0.497 e. The van der Waals surface area contributed by atoms with E-state index in [9.17, 15) is 9.59 Å². The first kappa shape index (κ1) is 27.8. The number of ether oxygens (including phenoxy) is 3. The van der Waals surface area contributed by atoms with Crippen molar-refractivity contribution < 1.29 is 28.2 Å². The largest absolute Gasteiger partial charge is 0.497 e. The Morgan fingerprint density at radius 3 is 2.32 bits per heavy atom. The standard InChI is InChI=1S/C33H28ClNO6/c1-38-28-5-3-4-22(16-28)20-40-27-14-6-21(7-15-27)17-29(33(37)39-2)35-32(36)31-19-25-9-8-24(18-30(25)41-31)23-10-12-26(34)13-11-23/h3-16,18-19,29H,17,20H2,1-2H3,(H,35,36)/t29-/m0/s1. The second-order valence-corrected chi connectivity index (χ2v) is 9.84. The Morgan fingerprint density at radius 2 is 1.59 bits per heavy atom. The van der Waals surface area contributed by atoms with E-state index in [1.54, 1.807) is 13.2 Å². The minimum absolute atomic E-state index is 0.100. The Morgan fingerprint density at radius 1 is 0.829 bits per heavy atom. The summed E-state index contributed by atoms with van der Waals surface area (Å²) in [6, 6.07) is 28.9. The van der Waals surface area contributed by atoms with Crippen LogP contribution >= 0.6 is 11.6 Å². The van der Waals surface area contributed by atoms with Gasteiger partial charge in [0.05, 0.1) is 14.2 Å². The summed E-state index contributed by atoms with van der Waals surface area (Å²) in [6.45, 7) is 0.385. The molecule has 1 amide bonds. The summed E-state index contributed by atoms with van der Waals surface area (Å²) in [5.41, 5.74) is 4.27. The van der Waals surface area contributed by atoms with E-state index in [2.05, 4.69) is 5.32 Å². The highest BCUT2D eigenvalue weighted by Gasteiger charge is 2.24. The molecule has 0 unspecified atom stereocenters. The molecule has 1 N–H and O–H groups in total. The van der Waals surface area contributed by atoms with Crippen LogP contribution in [0.1, 0.15) is 21.7 Å². The number of nitrogens with one attached hydrogen (secondary N) is 1. The van der Waals surface area contributed by atoms with Crippen LogP contribution in [0.15, 0.2) is 101 Å². The third kappa shape index (κ3) is 6.88. The van der Waals surface area contributed by atoms with Gasteiger partial charge in [0.25, 0.3) is 5.91 Å². The number of hydrogen-bond donors (Lipinski definition) is 1. The molecule has 41 heavy (non-hydrogen) atoms. The van der Waals surface area contributed by atoms with Crippen LogP contribution in [0.2, 0.25) is 5.02 Å². The number of rotatable bonds is 10. The number of methoxy groups -OCH3 is 2. The predicted octanol–water partition coefficient (Wildman–Crippen LogP) is 6.85. The Hall–Kier alpha value is -4.75. The summed E-state index contributed by atoms with van der Waals surface area (Å²) in [7, 11) is 2.91. The Bertz CT molecular complexity index is 1660. The molecule has 8 heteroatoms. The number of carbonyl (C=O) groups is 2. The molecule has 1 aromatic heterocycles. The molecule has 5 rings (SSSR count). The summed E-state index contributed by atoms with van der Waals surface area (Å²) >= 11 is 6.00. The topological polar surface area (TPSA) is 87.0 Å². The van der Waals surface area contributed by atoms with E-state index in [4.69, 9.17) is 30.2 Å². The second-order valence-electron chi connectivity index (χ2n) is 9.41. The first-order valence-corrected chi connectivity index (χ1v) is 13.3. The van der Waals surface area contributed by atoms with Crippen LogP contribution in [-0.2, 0) is 22.6 Å². The molecule has 0 bridgehead atoms. The molecule has 0 spiro atoms. The first-order chi connectivity index (χ1) is 19.9. The molecule has 1 heterocycles. The van der Waals surface area contributed by atoms with Crippen LogP contribution in [0.4, 0.5) is 0 Å². The van der Waals surface area contributed by atoms with Crippen LogP contribution in [0, 0.1) is 0 Å². The monoisotopic (exact) mass is 569 g/mol. The van der Waals surface area contributed by atoms with E-state index >= 15 is 0 Å². The van der Waals surface area contributed by atoms with Crippen molar-refractivity contribution in [2.45, 2.75) is 19.1 Å². The summed E-state index contributed by atoms with van der Waals surface area (Å²) in [5, 5.41) is 4.18. The van der Waals surface area contributed by atoms with Gasteiger partial charge >= 0.3 is 5.97 Å². The van der Waals surface area contributed by atoms with Crippen LogP contribution in [0.5, 0.6) is 11.5 Å². The first-order valence-electron chi connectivity index (χ1n) is 12.9. The molecule has 4 aromatic carbocycles. The lowest BCUT2D eigenvalue weighted by molar-refractivity contribution is -0.142. The van der Waals surface area contributed by atoms with Crippen LogP contribution in [-0.4, -0.2) is 32.1 Å². The molecule has 208 valence electrons. The summed E-state index contributed by atoms with van der Waals surface area (Å²) < 4.78 is 21.9. The number of furan rings is 1. The van der Waals surface area contributed by atoms with Gasteiger partial charge in [-0.25, -0.2) is 4.79 Å². The summed E-state index contributed by atoms with van der Waals surface area (Å²) in [4.78, 5) is 25.6. The Labute approximate surface area is 242 Å². The average molecular weight is 570 g/mol. The van der Waals surface area contributed by atoms with E-state index in [0.717, 1.165) is 33.4 Å². The van der Waals surface area contributed by atoms with Crippen molar-refractivity contribution in [1.82, 2.24) is 5.32 Å². The molecule has 5 aromatic rings. The average Bonchev–Trinajstić information content (AvgIpc) is 3.44. The van der Waals surface area contributed by atoms with Crippen molar-refractivity contribution in [3.8, 4) is 22.6 Å². The third-order valence-corrected chi connectivity index (χ3v) is 6.87. The van der Waals surface area contributed by atoms with Gasteiger partial charge in [-0.05, 0) is 70.8 Å². The lowest BCUT2D eigenvalue weighted by Gasteiger charge is -2.16. The van der Waals surface area contributed by atoms with Gasteiger partial charge in [0.2, 0.25) is 0 Å². The molecule has 0 aliphatic carbocycles. The van der Waals surface area contributed by atoms with Gasteiger partial charge in [-0.15, -0.1) is 0 Å². The van der Waals surface area contributed by atoms with Crippen molar-refractivity contribution in [1.29, 1.82) is 0 Å². The Kier molecular flexibility index (Phi) is 8.56. The zero-order valence-corrected chi connectivity index (χ0v) is 23.3. The molecule has 0 saturated heterocycles. The fraction of sp³-hybridized carbons (Fsp3) is 0.152. The van der Waals surface area contributed by atoms with Gasteiger partial charge in [0, 0.05) is 16.8 Å². The number of fused-ring (bicyclic) bond motifs is 1. The van der Waals surface area contributed by atoms with E-state index in [1.165, 1.54) is 7.11 Å². The van der Waals surface area contributed by atoms with E-state index < -0.39 is 17.9 Å². The number of carbonyl (C=O) groups excluding carboxylic acids is 2. The zero-order chi connectivity index (χ0) is 28.8. The fourth-order valence-corrected chi connectivity index (χ4v) is 4.54.